The minimum absolute atomic E-state index is 0.170. The first-order valence-corrected chi connectivity index (χ1v) is 14.7. The van der Waals surface area contributed by atoms with E-state index in [4.69, 9.17) is 14.7 Å². The lowest BCUT2D eigenvalue weighted by atomic mass is 9.80. The lowest BCUT2D eigenvalue weighted by molar-refractivity contribution is -0.141. The first-order chi connectivity index (χ1) is 18.0. The lowest BCUT2D eigenvalue weighted by Gasteiger charge is -2.31. The van der Waals surface area contributed by atoms with E-state index in [0.717, 1.165) is 37.5 Å². The lowest BCUT2D eigenvalue weighted by Crippen LogP contribution is -2.30. The zero-order valence-electron chi connectivity index (χ0n) is 22.6. The molecule has 6 heteroatoms. The van der Waals surface area contributed by atoms with E-state index in [1.54, 1.807) is 0 Å². The quantitative estimate of drug-likeness (QED) is 0.141. The second-order valence-electron chi connectivity index (χ2n) is 11.3. The highest BCUT2D eigenvalue weighted by Crippen LogP contribution is 2.34. The molecule has 0 N–H and O–H groups in total. The van der Waals surface area contributed by atoms with Crippen molar-refractivity contribution in [3.8, 4) is 11.8 Å². The van der Waals surface area contributed by atoms with Crippen molar-refractivity contribution in [2.75, 3.05) is 6.61 Å². The first-order valence-electron chi connectivity index (χ1n) is 14.7. The molecular weight excluding hydrogens is 472 g/mol. The van der Waals surface area contributed by atoms with Gasteiger partial charge >= 0.3 is 5.97 Å². The third-order valence-corrected chi connectivity index (χ3v) is 8.35. The van der Waals surface area contributed by atoms with Crippen LogP contribution in [-0.4, -0.2) is 18.7 Å². The molecule has 1 aromatic rings. The van der Waals surface area contributed by atoms with Gasteiger partial charge in [-0.25, -0.2) is 8.78 Å². The van der Waals surface area contributed by atoms with Gasteiger partial charge in [0.25, 0.3) is 0 Å². The van der Waals surface area contributed by atoms with Gasteiger partial charge in [0.1, 0.15) is 29.0 Å². The van der Waals surface area contributed by atoms with E-state index in [9.17, 15) is 13.6 Å². The number of nitrogens with zero attached hydrogens (tertiary/aromatic N) is 1. The van der Waals surface area contributed by atoms with Crippen LogP contribution in [0.3, 0.4) is 0 Å². The monoisotopic (exact) mass is 517 g/mol. The molecule has 2 aliphatic rings. The Morgan fingerprint density at radius 1 is 0.865 bits per heavy atom. The standard InChI is InChI=1S/C31H45F2NO3/c1-2-3-4-5-6-7-8-9-10-23-11-13-24(14-12-23)22-36-26-17-15-25(16-18-26)31(35)37-27-19-29(32)28(21-34)30(33)20-27/h19-20,23-26H,2-18,22H2,1H3/t23-,24-,25-,26-. The zero-order valence-corrected chi connectivity index (χ0v) is 22.6. The highest BCUT2D eigenvalue weighted by molar-refractivity contribution is 5.75. The Bertz CT molecular complexity index is 845. The van der Waals surface area contributed by atoms with Gasteiger partial charge in [0.15, 0.2) is 0 Å². The normalized spacial score (nSPS) is 23.9. The summed E-state index contributed by atoms with van der Waals surface area (Å²) >= 11 is 0. The number of unbranched alkanes of at least 4 members (excludes halogenated alkanes) is 7. The fourth-order valence-corrected chi connectivity index (χ4v) is 5.91. The fraction of sp³-hybridized carbons (Fsp3) is 0.742. The zero-order chi connectivity index (χ0) is 26.5. The number of hydrogen-bond acceptors (Lipinski definition) is 4. The molecule has 0 saturated heterocycles. The predicted molar refractivity (Wildman–Crippen MR) is 141 cm³/mol. The number of hydrogen-bond donors (Lipinski definition) is 0. The van der Waals surface area contributed by atoms with Gasteiger partial charge in [0.2, 0.25) is 0 Å². The van der Waals surface area contributed by atoms with Gasteiger partial charge in [-0.1, -0.05) is 77.6 Å². The Balaban J connectivity index is 1.25. The minimum atomic E-state index is -1.02. The van der Waals surface area contributed by atoms with Gasteiger partial charge in [-0.05, 0) is 50.4 Å². The van der Waals surface area contributed by atoms with Crippen molar-refractivity contribution in [3.05, 3.63) is 29.3 Å². The number of nitriles is 1. The number of rotatable bonds is 14. The summed E-state index contributed by atoms with van der Waals surface area (Å²) in [7, 11) is 0. The van der Waals surface area contributed by atoms with Crippen molar-refractivity contribution in [1.29, 1.82) is 5.26 Å². The highest BCUT2D eigenvalue weighted by Gasteiger charge is 2.29. The van der Waals surface area contributed by atoms with Crippen LogP contribution in [-0.2, 0) is 9.53 Å². The molecule has 0 radical (unpaired) electrons. The molecule has 0 spiro atoms. The van der Waals surface area contributed by atoms with Crippen LogP contribution in [0.25, 0.3) is 0 Å². The van der Waals surface area contributed by atoms with Crippen LogP contribution in [0.1, 0.15) is 122 Å². The molecular formula is C31H45F2NO3. The third-order valence-electron chi connectivity index (χ3n) is 8.35. The Kier molecular flexibility index (Phi) is 12.8. The SMILES string of the molecule is CCCCCCCCCC[C@H]1CC[C@H](CO[C@H]2CC[C@H](C(=O)Oc3cc(F)c(C#N)c(F)c3)CC2)CC1. The number of benzene rings is 1. The molecule has 0 unspecified atom stereocenters. The van der Waals surface area contributed by atoms with Crippen LogP contribution in [0.2, 0.25) is 0 Å². The Labute approximate surface area is 222 Å². The van der Waals surface area contributed by atoms with Crippen molar-refractivity contribution in [3.63, 3.8) is 0 Å². The maximum absolute atomic E-state index is 13.8. The van der Waals surface area contributed by atoms with Gasteiger partial charge in [0.05, 0.1) is 12.0 Å². The number of esters is 1. The second-order valence-corrected chi connectivity index (χ2v) is 11.3. The van der Waals surface area contributed by atoms with Gasteiger partial charge in [-0.3, -0.25) is 4.79 Å². The van der Waals surface area contributed by atoms with Crippen LogP contribution in [0.5, 0.6) is 5.75 Å². The average Bonchev–Trinajstić information content (AvgIpc) is 2.90. The van der Waals surface area contributed by atoms with Crippen molar-refractivity contribution in [2.24, 2.45) is 17.8 Å². The Morgan fingerprint density at radius 2 is 1.43 bits per heavy atom. The minimum Gasteiger partial charge on any atom is -0.426 e. The molecule has 206 valence electrons. The average molecular weight is 518 g/mol. The summed E-state index contributed by atoms with van der Waals surface area (Å²) in [6.45, 7) is 3.08. The molecule has 0 heterocycles. The Morgan fingerprint density at radius 3 is 2.03 bits per heavy atom. The molecule has 0 atom stereocenters. The predicted octanol–water partition coefficient (Wildman–Crippen LogP) is 8.65. The van der Waals surface area contributed by atoms with Crippen LogP contribution in [0, 0.1) is 40.7 Å². The number of carbonyl (C=O) groups is 1. The van der Waals surface area contributed by atoms with Crippen LogP contribution < -0.4 is 4.74 Å². The second kappa shape index (κ2) is 16.1. The summed E-state index contributed by atoms with van der Waals surface area (Å²) in [5.41, 5.74) is -0.672. The molecule has 0 amide bonds. The molecule has 2 saturated carbocycles. The van der Waals surface area contributed by atoms with E-state index in [1.165, 1.54) is 89.5 Å². The van der Waals surface area contributed by atoms with Crippen LogP contribution in [0.15, 0.2) is 12.1 Å². The number of halogens is 2. The van der Waals surface area contributed by atoms with E-state index >= 15 is 0 Å². The largest absolute Gasteiger partial charge is 0.426 e. The summed E-state index contributed by atoms with van der Waals surface area (Å²) in [6, 6.07) is 3.24. The van der Waals surface area contributed by atoms with Gasteiger partial charge in [-0.15, -0.1) is 0 Å². The molecule has 0 aromatic heterocycles. The van der Waals surface area contributed by atoms with E-state index in [-0.39, 0.29) is 17.8 Å². The van der Waals surface area contributed by atoms with Crippen molar-refractivity contribution in [1.82, 2.24) is 0 Å². The summed E-state index contributed by atoms with van der Waals surface area (Å²) < 4.78 is 39.0. The number of ether oxygens (including phenoxy) is 2. The summed E-state index contributed by atoms with van der Waals surface area (Å²) in [6.07, 6.45) is 20.8. The maximum Gasteiger partial charge on any atom is 0.314 e. The molecule has 37 heavy (non-hydrogen) atoms. The maximum atomic E-state index is 13.8. The van der Waals surface area contributed by atoms with Crippen LogP contribution >= 0.6 is 0 Å². The van der Waals surface area contributed by atoms with Crippen LogP contribution in [0.4, 0.5) is 8.78 Å². The van der Waals surface area contributed by atoms with Gasteiger partial charge in [-0.2, -0.15) is 5.26 Å². The smallest absolute Gasteiger partial charge is 0.314 e. The summed E-state index contributed by atoms with van der Waals surface area (Å²) in [4.78, 5) is 12.5. The van der Waals surface area contributed by atoms with Gasteiger partial charge < -0.3 is 9.47 Å². The number of carbonyl (C=O) groups excluding carboxylic acids is 1. The molecule has 2 fully saturated rings. The first kappa shape index (κ1) is 29.6. The third kappa shape index (κ3) is 10.0. The molecule has 2 aliphatic carbocycles. The molecule has 0 aliphatic heterocycles. The van der Waals surface area contributed by atoms with E-state index in [0.29, 0.717) is 18.8 Å². The van der Waals surface area contributed by atoms with Crippen molar-refractivity contribution in [2.45, 2.75) is 122 Å². The van der Waals surface area contributed by atoms with Crippen molar-refractivity contribution >= 4 is 5.97 Å². The van der Waals surface area contributed by atoms with Crippen molar-refractivity contribution < 1.29 is 23.0 Å². The molecule has 3 rings (SSSR count). The van der Waals surface area contributed by atoms with E-state index < -0.39 is 23.2 Å². The Hall–Kier alpha value is -2.00. The molecule has 0 bridgehead atoms. The molecule has 1 aromatic carbocycles. The molecule has 4 nitrogen and oxygen atoms in total. The van der Waals surface area contributed by atoms with Gasteiger partial charge in [0, 0.05) is 18.7 Å². The fourth-order valence-electron chi connectivity index (χ4n) is 5.91. The van der Waals surface area contributed by atoms with E-state index in [2.05, 4.69) is 6.92 Å². The van der Waals surface area contributed by atoms with E-state index in [1.807, 2.05) is 0 Å². The highest BCUT2D eigenvalue weighted by atomic mass is 19.1. The summed E-state index contributed by atoms with van der Waals surface area (Å²) in [5.74, 6) is -1.47. The topological polar surface area (TPSA) is 59.3 Å². The summed E-state index contributed by atoms with van der Waals surface area (Å²) in [5, 5.41) is 8.76.